The van der Waals surface area contributed by atoms with Gasteiger partial charge in [-0.05, 0) is 36.6 Å². The van der Waals surface area contributed by atoms with Crippen LogP contribution in [0.5, 0.6) is 0 Å². The Hall–Kier alpha value is -2.69. The van der Waals surface area contributed by atoms with Gasteiger partial charge >= 0.3 is 0 Å². The molecule has 1 unspecified atom stereocenters. The molecule has 2 aromatic carbocycles. The van der Waals surface area contributed by atoms with Crippen molar-refractivity contribution in [2.75, 3.05) is 13.1 Å². The van der Waals surface area contributed by atoms with Crippen LogP contribution in [0.3, 0.4) is 0 Å². The van der Waals surface area contributed by atoms with Crippen LogP contribution in [0.2, 0.25) is 0 Å². The third-order valence-electron chi connectivity index (χ3n) is 4.29. The minimum absolute atomic E-state index is 0.147. The van der Waals surface area contributed by atoms with Gasteiger partial charge in [-0.15, -0.1) is 0 Å². The Bertz CT molecular complexity index is 740. The molecule has 1 heterocycles. The van der Waals surface area contributed by atoms with E-state index in [4.69, 9.17) is 0 Å². The minimum Gasteiger partial charge on any atom is -0.325 e. The molecule has 0 aromatic heterocycles. The van der Waals surface area contributed by atoms with Gasteiger partial charge in [-0.2, -0.15) is 0 Å². The Balaban J connectivity index is 1.95. The molecule has 0 fully saturated rings. The van der Waals surface area contributed by atoms with Crippen LogP contribution in [0.15, 0.2) is 48.5 Å². The van der Waals surface area contributed by atoms with E-state index in [0.717, 1.165) is 23.1 Å². The SMILES string of the molecule is Cc1ccc(C(=O)N2CCc3ccccc3C2C[N+](=O)[O-])cc1. The van der Waals surface area contributed by atoms with Crippen LogP contribution in [0.4, 0.5) is 0 Å². The number of aryl methyl sites for hydroxylation is 1. The van der Waals surface area contributed by atoms with Gasteiger partial charge in [0.15, 0.2) is 0 Å². The van der Waals surface area contributed by atoms with E-state index in [1.54, 1.807) is 17.0 Å². The molecule has 1 aliphatic rings. The number of amides is 1. The van der Waals surface area contributed by atoms with Crippen molar-refractivity contribution >= 4 is 5.91 Å². The molecule has 3 rings (SSSR count). The zero-order chi connectivity index (χ0) is 16.4. The molecule has 0 bridgehead atoms. The van der Waals surface area contributed by atoms with Gasteiger partial charge in [0.2, 0.25) is 6.54 Å². The summed E-state index contributed by atoms with van der Waals surface area (Å²) < 4.78 is 0. The van der Waals surface area contributed by atoms with E-state index in [1.165, 1.54) is 0 Å². The highest BCUT2D eigenvalue weighted by Gasteiger charge is 2.34. The normalized spacial score (nSPS) is 16.7. The van der Waals surface area contributed by atoms with Gasteiger partial charge in [0.05, 0.1) is 0 Å². The van der Waals surface area contributed by atoms with Gasteiger partial charge in [0, 0.05) is 17.0 Å². The third-order valence-corrected chi connectivity index (χ3v) is 4.29. The molecular weight excluding hydrogens is 292 g/mol. The second-order valence-electron chi connectivity index (χ2n) is 5.84. The van der Waals surface area contributed by atoms with Crippen LogP contribution >= 0.6 is 0 Å². The lowest BCUT2D eigenvalue weighted by atomic mass is 9.92. The Morgan fingerprint density at radius 2 is 1.91 bits per heavy atom. The van der Waals surface area contributed by atoms with Crippen LogP contribution in [0.25, 0.3) is 0 Å². The summed E-state index contributed by atoms with van der Waals surface area (Å²) in [5, 5.41) is 11.1. The molecule has 2 aromatic rings. The smallest absolute Gasteiger partial charge is 0.254 e. The van der Waals surface area contributed by atoms with Crippen LogP contribution < -0.4 is 0 Å². The second kappa shape index (κ2) is 6.20. The molecule has 5 heteroatoms. The Morgan fingerprint density at radius 3 is 2.61 bits per heavy atom. The summed E-state index contributed by atoms with van der Waals surface area (Å²) in [6, 6.07) is 14.5. The zero-order valence-corrected chi connectivity index (χ0v) is 12.9. The van der Waals surface area contributed by atoms with Gasteiger partial charge < -0.3 is 4.90 Å². The number of carbonyl (C=O) groups excluding carboxylic acids is 1. The average Bonchev–Trinajstić information content (AvgIpc) is 2.55. The molecule has 0 saturated carbocycles. The van der Waals surface area contributed by atoms with Crippen molar-refractivity contribution in [3.8, 4) is 0 Å². The van der Waals surface area contributed by atoms with Crippen LogP contribution in [-0.4, -0.2) is 28.8 Å². The highest BCUT2D eigenvalue weighted by Crippen LogP contribution is 2.31. The van der Waals surface area contributed by atoms with Crippen LogP contribution in [-0.2, 0) is 6.42 Å². The number of carbonyl (C=O) groups is 1. The summed E-state index contributed by atoms with van der Waals surface area (Å²) in [5.41, 5.74) is 3.62. The Morgan fingerprint density at radius 1 is 1.22 bits per heavy atom. The van der Waals surface area contributed by atoms with Crippen molar-refractivity contribution in [2.24, 2.45) is 0 Å². The van der Waals surface area contributed by atoms with Crippen LogP contribution in [0.1, 0.15) is 33.1 Å². The quantitative estimate of drug-likeness (QED) is 0.646. The number of nitrogens with zero attached hydrogens (tertiary/aromatic N) is 2. The summed E-state index contributed by atoms with van der Waals surface area (Å²) in [5.74, 6) is -0.147. The summed E-state index contributed by atoms with van der Waals surface area (Å²) in [4.78, 5) is 25.2. The number of hydrogen-bond donors (Lipinski definition) is 0. The summed E-state index contributed by atoms with van der Waals surface area (Å²) in [7, 11) is 0. The molecule has 5 nitrogen and oxygen atoms in total. The van der Waals surface area contributed by atoms with Crippen molar-refractivity contribution < 1.29 is 9.72 Å². The van der Waals surface area contributed by atoms with Gasteiger partial charge in [-0.1, -0.05) is 42.0 Å². The van der Waals surface area contributed by atoms with E-state index in [2.05, 4.69) is 0 Å². The molecule has 0 aliphatic carbocycles. The number of nitro groups is 1. The zero-order valence-electron chi connectivity index (χ0n) is 12.9. The van der Waals surface area contributed by atoms with E-state index < -0.39 is 6.04 Å². The molecule has 1 amide bonds. The second-order valence-corrected chi connectivity index (χ2v) is 5.84. The van der Waals surface area contributed by atoms with E-state index in [1.807, 2.05) is 43.3 Å². The first-order valence-corrected chi connectivity index (χ1v) is 7.63. The molecular formula is C18H18N2O3. The van der Waals surface area contributed by atoms with E-state index in [0.29, 0.717) is 12.1 Å². The van der Waals surface area contributed by atoms with Crippen molar-refractivity contribution in [3.63, 3.8) is 0 Å². The fourth-order valence-electron chi connectivity index (χ4n) is 3.09. The molecule has 1 aliphatic heterocycles. The number of hydrogen-bond acceptors (Lipinski definition) is 3. The minimum atomic E-state index is -0.510. The molecule has 23 heavy (non-hydrogen) atoms. The van der Waals surface area contributed by atoms with E-state index >= 15 is 0 Å². The number of benzene rings is 2. The Labute approximate surface area is 134 Å². The van der Waals surface area contributed by atoms with Gasteiger partial charge in [0.1, 0.15) is 6.04 Å². The summed E-state index contributed by atoms with van der Waals surface area (Å²) in [6.45, 7) is 2.19. The molecule has 118 valence electrons. The molecule has 0 N–H and O–H groups in total. The topological polar surface area (TPSA) is 63.5 Å². The first-order valence-electron chi connectivity index (χ1n) is 7.63. The van der Waals surface area contributed by atoms with Crippen molar-refractivity contribution in [1.82, 2.24) is 4.90 Å². The van der Waals surface area contributed by atoms with Crippen LogP contribution in [0, 0.1) is 17.0 Å². The average molecular weight is 310 g/mol. The first-order chi connectivity index (χ1) is 11.1. The predicted molar refractivity (Wildman–Crippen MR) is 87.0 cm³/mol. The van der Waals surface area contributed by atoms with E-state index in [-0.39, 0.29) is 17.4 Å². The standard InChI is InChI=1S/C18H18N2O3/c1-13-6-8-15(9-7-13)18(21)19-11-10-14-4-2-3-5-16(14)17(19)12-20(22)23/h2-9,17H,10-12H2,1H3. The Kier molecular flexibility index (Phi) is 4.10. The lowest BCUT2D eigenvalue weighted by molar-refractivity contribution is -0.487. The van der Waals surface area contributed by atoms with Crippen molar-refractivity contribution in [3.05, 3.63) is 80.9 Å². The summed E-state index contributed by atoms with van der Waals surface area (Å²) in [6.07, 6.45) is 0.724. The molecule has 0 radical (unpaired) electrons. The number of fused-ring (bicyclic) bond motifs is 1. The fraction of sp³-hybridized carbons (Fsp3) is 0.278. The van der Waals surface area contributed by atoms with Gasteiger partial charge in [-0.3, -0.25) is 14.9 Å². The lowest BCUT2D eigenvalue weighted by Crippen LogP contribution is -2.42. The largest absolute Gasteiger partial charge is 0.325 e. The van der Waals surface area contributed by atoms with E-state index in [9.17, 15) is 14.9 Å². The maximum atomic E-state index is 12.8. The van der Waals surface area contributed by atoms with Gasteiger partial charge in [0.25, 0.3) is 5.91 Å². The summed E-state index contributed by atoms with van der Waals surface area (Å²) >= 11 is 0. The third kappa shape index (κ3) is 3.08. The first kappa shape index (κ1) is 15.2. The monoisotopic (exact) mass is 310 g/mol. The predicted octanol–water partition coefficient (Wildman–Crippen LogP) is 3.01. The fourth-order valence-corrected chi connectivity index (χ4v) is 3.09. The van der Waals surface area contributed by atoms with Crippen molar-refractivity contribution in [1.29, 1.82) is 0 Å². The number of rotatable bonds is 3. The lowest BCUT2D eigenvalue weighted by Gasteiger charge is -2.35. The van der Waals surface area contributed by atoms with Gasteiger partial charge in [-0.25, -0.2) is 0 Å². The highest BCUT2D eigenvalue weighted by molar-refractivity contribution is 5.94. The van der Waals surface area contributed by atoms with Crippen molar-refractivity contribution in [2.45, 2.75) is 19.4 Å². The molecule has 0 saturated heterocycles. The molecule has 1 atom stereocenters. The maximum absolute atomic E-state index is 12.8. The molecule has 0 spiro atoms. The highest BCUT2D eigenvalue weighted by atomic mass is 16.6. The maximum Gasteiger partial charge on any atom is 0.254 e.